The maximum atomic E-state index is 14.6. The third-order valence-corrected chi connectivity index (χ3v) is 6.43. The highest BCUT2D eigenvalue weighted by Gasteiger charge is 2.37. The first-order chi connectivity index (χ1) is 16.3. The molecule has 2 aromatic rings. The lowest BCUT2D eigenvalue weighted by atomic mass is 9.99. The fraction of sp³-hybridized carbons (Fsp3) is 0.500. The van der Waals surface area contributed by atoms with E-state index in [-0.39, 0.29) is 23.9 Å². The van der Waals surface area contributed by atoms with E-state index in [0.717, 1.165) is 16.8 Å². The van der Waals surface area contributed by atoms with Gasteiger partial charge in [-0.05, 0) is 77.3 Å². The first-order valence-corrected chi connectivity index (χ1v) is 12.1. The van der Waals surface area contributed by atoms with Crippen molar-refractivity contribution >= 4 is 17.7 Å². The zero-order valence-electron chi connectivity index (χ0n) is 22.2. The number of anilines is 1. The number of rotatable bonds is 4. The maximum absolute atomic E-state index is 14.6. The van der Waals surface area contributed by atoms with Crippen molar-refractivity contribution in [3.05, 3.63) is 64.5 Å². The summed E-state index contributed by atoms with van der Waals surface area (Å²) < 4.78 is 20.1. The molecule has 3 rings (SSSR count). The van der Waals surface area contributed by atoms with Gasteiger partial charge in [-0.3, -0.25) is 4.79 Å². The lowest BCUT2D eigenvalue weighted by molar-refractivity contribution is -0.135. The quantitative estimate of drug-likeness (QED) is 0.585. The zero-order chi connectivity index (χ0) is 26.1. The molecule has 0 spiro atoms. The van der Waals surface area contributed by atoms with Gasteiger partial charge < -0.3 is 19.4 Å². The van der Waals surface area contributed by atoms with Crippen LogP contribution in [0.15, 0.2) is 36.4 Å². The predicted octanol–water partition coefficient (Wildman–Crippen LogP) is 5.40. The molecule has 1 heterocycles. The summed E-state index contributed by atoms with van der Waals surface area (Å²) in [7, 11) is 1.87. The highest BCUT2D eigenvalue weighted by molar-refractivity contribution is 5.87. The fourth-order valence-electron chi connectivity index (χ4n) is 4.57. The Labute approximate surface area is 208 Å². The van der Waals surface area contributed by atoms with Crippen LogP contribution in [0.1, 0.15) is 56.0 Å². The third-order valence-electron chi connectivity index (χ3n) is 6.43. The van der Waals surface area contributed by atoms with Crippen LogP contribution in [0.3, 0.4) is 0 Å². The zero-order valence-corrected chi connectivity index (χ0v) is 22.2. The Bertz CT molecular complexity index is 1100. The van der Waals surface area contributed by atoms with Gasteiger partial charge >= 0.3 is 6.09 Å². The predicted molar refractivity (Wildman–Crippen MR) is 137 cm³/mol. The fourth-order valence-corrected chi connectivity index (χ4v) is 4.57. The van der Waals surface area contributed by atoms with E-state index in [1.807, 2.05) is 71.7 Å². The van der Waals surface area contributed by atoms with E-state index in [2.05, 4.69) is 6.07 Å². The number of ether oxygens (including phenoxy) is 1. The Balaban J connectivity index is 1.90. The molecule has 1 unspecified atom stereocenters. The topological polar surface area (TPSA) is 53.1 Å². The number of piperazine rings is 1. The van der Waals surface area contributed by atoms with Crippen molar-refractivity contribution in [1.82, 2.24) is 9.80 Å². The van der Waals surface area contributed by atoms with E-state index in [9.17, 15) is 14.0 Å². The monoisotopic (exact) mass is 483 g/mol. The number of likely N-dealkylation sites (N-methyl/N-ethyl adjacent to an activating group) is 1. The van der Waals surface area contributed by atoms with Crippen molar-refractivity contribution in [3.63, 3.8) is 0 Å². The number of carbonyl (C=O) groups excluding carboxylic acids is 2. The number of amides is 2. The minimum atomic E-state index is -0.702. The summed E-state index contributed by atoms with van der Waals surface area (Å²) in [5.74, 6) is -0.455. The van der Waals surface area contributed by atoms with Gasteiger partial charge in [0.1, 0.15) is 17.5 Å². The largest absolute Gasteiger partial charge is 0.444 e. The molecule has 2 amide bonds. The normalized spacial score (nSPS) is 17.2. The van der Waals surface area contributed by atoms with Crippen LogP contribution < -0.4 is 4.90 Å². The van der Waals surface area contributed by atoms with E-state index < -0.39 is 11.6 Å². The second-order valence-electron chi connectivity index (χ2n) is 10.6. The maximum Gasteiger partial charge on any atom is 0.410 e. The Morgan fingerprint density at radius 2 is 1.74 bits per heavy atom. The first-order valence-electron chi connectivity index (χ1n) is 12.1. The second kappa shape index (κ2) is 10.3. The van der Waals surface area contributed by atoms with Crippen LogP contribution in [0, 0.1) is 26.6 Å². The average Bonchev–Trinajstić information content (AvgIpc) is 2.74. The summed E-state index contributed by atoms with van der Waals surface area (Å²) >= 11 is 0. The SMILES string of the molecule is Cc1ccc(N(C)C(C(=O)N2CCN(C(=O)OC(C)(C)C)[C@H](C)C2)c2ccc(C)c(F)c2)c(C)c1. The van der Waals surface area contributed by atoms with Gasteiger partial charge in [0.2, 0.25) is 5.91 Å². The third kappa shape index (κ3) is 6.13. The summed E-state index contributed by atoms with van der Waals surface area (Å²) in [6.45, 7) is 14.3. The standard InChI is InChI=1S/C28H38FN3O3/c1-18-9-12-24(20(3)15-18)30(8)25(22-11-10-19(2)23(29)16-22)26(33)31-13-14-32(21(4)17-31)27(34)35-28(5,6)7/h9-12,15-16,21,25H,13-14,17H2,1-8H3/t21-,25?/m1/s1. The van der Waals surface area contributed by atoms with Crippen LogP contribution in [0.2, 0.25) is 0 Å². The average molecular weight is 484 g/mol. The van der Waals surface area contributed by atoms with Crippen molar-refractivity contribution in [2.45, 2.75) is 66.2 Å². The van der Waals surface area contributed by atoms with Crippen LogP contribution in [0.25, 0.3) is 0 Å². The Morgan fingerprint density at radius 1 is 1.06 bits per heavy atom. The van der Waals surface area contributed by atoms with E-state index in [1.165, 1.54) is 6.07 Å². The molecule has 1 aliphatic heterocycles. The number of hydrogen-bond acceptors (Lipinski definition) is 4. The van der Waals surface area contributed by atoms with E-state index in [4.69, 9.17) is 4.74 Å². The molecule has 2 atom stereocenters. The van der Waals surface area contributed by atoms with Gasteiger partial charge in [-0.25, -0.2) is 9.18 Å². The second-order valence-corrected chi connectivity index (χ2v) is 10.6. The number of hydrogen-bond donors (Lipinski definition) is 0. The number of halogens is 1. The first kappa shape index (κ1) is 26.5. The number of aryl methyl sites for hydroxylation is 3. The molecule has 1 fully saturated rings. The summed E-state index contributed by atoms with van der Waals surface area (Å²) in [5.41, 5.74) is 3.64. The molecular weight excluding hydrogens is 445 g/mol. The van der Waals surface area contributed by atoms with Crippen molar-refractivity contribution in [2.24, 2.45) is 0 Å². The van der Waals surface area contributed by atoms with Gasteiger partial charge in [0.15, 0.2) is 0 Å². The van der Waals surface area contributed by atoms with Gasteiger partial charge in [-0.2, -0.15) is 0 Å². The Hall–Kier alpha value is -3.09. The molecule has 7 heteroatoms. The van der Waals surface area contributed by atoms with Gasteiger partial charge in [0.25, 0.3) is 0 Å². The van der Waals surface area contributed by atoms with E-state index in [1.54, 1.807) is 22.8 Å². The lowest BCUT2D eigenvalue weighted by Crippen LogP contribution is -2.57. The van der Waals surface area contributed by atoms with Crippen molar-refractivity contribution in [3.8, 4) is 0 Å². The number of nitrogens with zero attached hydrogens (tertiary/aromatic N) is 3. The van der Waals surface area contributed by atoms with Crippen LogP contribution in [0.5, 0.6) is 0 Å². The van der Waals surface area contributed by atoms with Gasteiger partial charge in [-0.1, -0.05) is 29.8 Å². The van der Waals surface area contributed by atoms with E-state index >= 15 is 0 Å². The molecule has 2 aromatic carbocycles. The van der Waals surface area contributed by atoms with Crippen LogP contribution in [-0.4, -0.2) is 60.1 Å². The smallest absolute Gasteiger partial charge is 0.410 e. The molecule has 190 valence electrons. The highest BCUT2D eigenvalue weighted by atomic mass is 19.1. The lowest BCUT2D eigenvalue weighted by Gasteiger charge is -2.42. The van der Waals surface area contributed by atoms with Crippen LogP contribution in [-0.2, 0) is 9.53 Å². The van der Waals surface area contributed by atoms with Crippen LogP contribution >= 0.6 is 0 Å². The molecular formula is C28H38FN3O3. The molecule has 0 aliphatic carbocycles. The molecule has 6 nitrogen and oxygen atoms in total. The van der Waals surface area contributed by atoms with Crippen molar-refractivity contribution < 1.29 is 18.7 Å². The number of carbonyl (C=O) groups is 2. The van der Waals surface area contributed by atoms with Crippen molar-refractivity contribution in [2.75, 3.05) is 31.6 Å². The molecule has 0 saturated carbocycles. The van der Waals surface area contributed by atoms with Crippen molar-refractivity contribution in [1.29, 1.82) is 0 Å². The molecule has 1 saturated heterocycles. The van der Waals surface area contributed by atoms with Gasteiger partial charge in [-0.15, -0.1) is 0 Å². The highest BCUT2D eigenvalue weighted by Crippen LogP contribution is 2.32. The summed E-state index contributed by atoms with van der Waals surface area (Å²) in [6, 6.07) is 10.2. The Morgan fingerprint density at radius 3 is 2.31 bits per heavy atom. The van der Waals surface area contributed by atoms with Gasteiger partial charge in [0, 0.05) is 38.4 Å². The minimum Gasteiger partial charge on any atom is -0.444 e. The molecule has 0 radical (unpaired) electrons. The molecule has 1 aliphatic rings. The molecule has 0 N–H and O–H groups in total. The molecule has 35 heavy (non-hydrogen) atoms. The minimum absolute atomic E-state index is 0.119. The Kier molecular flexibility index (Phi) is 7.77. The van der Waals surface area contributed by atoms with Gasteiger partial charge in [0.05, 0.1) is 0 Å². The number of benzene rings is 2. The summed E-state index contributed by atoms with van der Waals surface area (Å²) in [6.07, 6.45) is -0.373. The summed E-state index contributed by atoms with van der Waals surface area (Å²) in [5, 5.41) is 0. The van der Waals surface area contributed by atoms with Crippen LogP contribution in [0.4, 0.5) is 14.9 Å². The van der Waals surface area contributed by atoms with E-state index in [0.29, 0.717) is 30.8 Å². The summed E-state index contributed by atoms with van der Waals surface area (Å²) in [4.78, 5) is 32.0. The molecule has 0 aromatic heterocycles. The molecule has 0 bridgehead atoms.